The van der Waals surface area contributed by atoms with E-state index in [1.165, 1.54) is 25.7 Å². The quantitative estimate of drug-likeness (QED) is 0.900. The van der Waals surface area contributed by atoms with Crippen LogP contribution in [0.5, 0.6) is 0 Å². The Labute approximate surface area is 115 Å². The van der Waals surface area contributed by atoms with Crippen LogP contribution < -0.4 is 5.73 Å². The zero-order valence-electron chi connectivity index (χ0n) is 11.6. The fourth-order valence-corrected chi connectivity index (χ4v) is 3.36. The smallest absolute Gasteiger partial charge is 0.0834 e. The van der Waals surface area contributed by atoms with Crippen molar-refractivity contribution < 1.29 is 0 Å². The van der Waals surface area contributed by atoms with Gasteiger partial charge in [0.1, 0.15) is 0 Å². The number of nitrogens with zero attached hydrogens (tertiary/aromatic N) is 2. The highest BCUT2D eigenvalue weighted by Crippen LogP contribution is 2.41. The van der Waals surface area contributed by atoms with Crippen LogP contribution >= 0.6 is 11.6 Å². The van der Waals surface area contributed by atoms with Crippen LogP contribution in [0.25, 0.3) is 0 Å². The fourth-order valence-electron chi connectivity index (χ4n) is 3.11. The van der Waals surface area contributed by atoms with E-state index in [1.807, 2.05) is 4.68 Å². The van der Waals surface area contributed by atoms with Crippen molar-refractivity contribution in [1.82, 2.24) is 9.78 Å². The van der Waals surface area contributed by atoms with Gasteiger partial charge in [-0.15, -0.1) is 0 Å². The van der Waals surface area contributed by atoms with Gasteiger partial charge in [0, 0.05) is 6.04 Å². The lowest BCUT2D eigenvalue weighted by atomic mass is 9.94. The van der Waals surface area contributed by atoms with Crippen LogP contribution in [0.4, 0.5) is 0 Å². The SMILES string of the molecule is CCC1CCC(C(N)c2c(Cl)cnn2C(C)C)C1. The summed E-state index contributed by atoms with van der Waals surface area (Å²) in [6.45, 7) is 6.50. The number of halogens is 1. The monoisotopic (exact) mass is 269 g/mol. The number of hydrogen-bond acceptors (Lipinski definition) is 2. The summed E-state index contributed by atoms with van der Waals surface area (Å²) < 4.78 is 1.98. The zero-order valence-corrected chi connectivity index (χ0v) is 12.3. The van der Waals surface area contributed by atoms with Gasteiger partial charge in [0.2, 0.25) is 0 Å². The van der Waals surface area contributed by atoms with Crippen molar-refractivity contribution in [2.75, 3.05) is 0 Å². The van der Waals surface area contributed by atoms with Gasteiger partial charge in [-0.2, -0.15) is 5.10 Å². The largest absolute Gasteiger partial charge is 0.322 e. The minimum atomic E-state index is 0.0268. The first-order valence-electron chi connectivity index (χ1n) is 7.03. The molecule has 1 aromatic heterocycles. The lowest BCUT2D eigenvalue weighted by Gasteiger charge is -2.22. The molecular weight excluding hydrogens is 246 g/mol. The molecule has 3 atom stereocenters. The van der Waals surface area contributed by atoms with Gasteiger partial charge >= 0.3 is 0 Å². The number of hydrogen-bond donors (Lipinski definition) is 1. The van der Waals surface area contributed by atoms with Crippen LogP contribution in [0.3, 0.4) is 0 Å². The Morgan fingerprint density at radius 1 is 1.50 bits per heavy atom. The van der Waals surface area contributed by atoms with E-state index in [4.69, 9.17) is 17.3 Å². The molecule has 4 heteroatoms. The first-order valence-corrected chi connectivity index (χ1v) is 7.40. The van der Waals surface area contributed by atoms with Crippen molar-refractivity contribution >= 4 is 11.6 Å². The normalized spacial score (nSPS) is 25.9. The Kier molecular flexibility index (Phi) is 4.33. The molecule has 1 aliphatic carbocycles. The Bertz CT molecular complexity index is 400. The minimum Gasteiger partial charge on any atom is -0.322 e. The molecule has 0 spiro atoms. The Morgan fingerprint density at radius 2 is 2.22 bits per heavy atom. The van der Waals surface area contributed by atoms with Crippen molar-refractivity contribution in [2.45, 2.75) is 58.5 Å². The van der Waals surface area contributed by atoms with Crippen LogP contribution in [-0.4, -0.2) is 9.78 Å². The van der Waals surface area contributed by atoms with Gasteiger partial charge < -0.3 is 5.73 Å². The van der Waals surface area contributed by atoms with Gasteiger partial charge in [-0.1, -0.05) is 31.4 Å². The fraction of sp³-hybridized carbons (Fsp3) is 0.786. The molecule has 1 aromatic rings. The van der Waals surface area contributed by atoms with Gasteiger partial charge in [0.05, 0.1) is 23.0 Å². The maximum Gasteiger partial charge on any atom is 0.0834 e. The highest BCUT2D eigenvalue weighted by atomic mass is 35.5. The Morgan fingerprint density at radius 3 is 2.78 bits per heavy atom. The van der Waals surface area contributed by atoms with E-state index < -0.39 is 0 Å². The maximum absolute atomic E-state index is 6.46. The number of aromatic nitrogens is 2. The zero-order chi connectivity index (χ0) is 13.3. The summed E-state index contributed by atoms with van der Waals surface area (Å²) >= 11 is 6.27. The molecule has 0 aliphatic heterocycles. The van der Waals surface area contributed by atoms with E-state index in [2.05, 4.69) is 25.9 Å². The van der Waals surface area contributed by atoms with Crippen LogP contribution in [0, 0.1) is 11.8 Å². The van der Waals surface area contributed by atoms with E-state index >= 15 is 0 Å². The highest BCUT2D eigenvalue weighted by Gasteiger charge is 2.32. The Hall–Kier alpha value is -0.540. The minimum absolute atomic E-state index is 0.0268. The van der Waals surface area contributed by atoms with Gasteiger partial charge in [-0.25, -0.2) is 0 Å². The second-order valence-electron chi connectivity index (χ2n) is 5.79. The average Bonchev–Trinajstić information content (AvgIpc) is 2.94. The maximum atomic E-state index is 6.46. The molecule has 2 N–H and O–H groups in total. The van der Waals surface area contributed by atoms with E-state index in [0.717, 1.165) is 16.6 Å². The molecule has 1 fully saturated rings. The lowest BCUT2D eigenvalue weighted by molar-refractivity contribution is 0.382. The van der Waals surface area contributed by atoms with Gasteiger partial charge in [0.15, 0.2) is 0 Å². The van der Waals surface area contributed by atoms with Crippen molar-refractivity contribution in [3.8, 4) is 0 Å². The van der Waals surface area contributed by atoms with Crippen molar-refractivity contribution in [2.24, 2.45) is 17.6 Å². The van der Waals surface area contributed by atoms with E-state index in [-0.39, 0.29) is 6.04 Å². The third kappa shape index (κ3) is 2.57. The lowest BCUT2D eigenvalue weighted by Crippen LogP contribution is -2.24. The molecule has 3 nitrogen and oxygen atoms in total. The summed E-state index contributed by atoms with van der Waals surface area (Å²) in [6, 6.07) is 0.334. The van der Waals surface area contributed by atoms with Crippen molar-refractivity contribution in [1.29, 1.82) is 0 Å². The van der Waals surface area contributed by atoms with Crippen LogP contribution in [0.2, 0.25) is 5.02 Å². The molecule has 18 heavy (non-hydrogen) atoms. The van der Waals surface area contributed by atoms with Crippen molar-refractivity contribution in [3.63, 3.8) is 0 Å². The first kappa shape index (κ1) is 13.9. The molecular formula is C14H24ClN3. The molecule has 0 radical (unpaired) electrons. The summed E-state index contributed by atoms with van der Waals surface area (Å²) in [4.78, 5) is 0. The predicted octanol–water partition coefficient (Wildman–Crippen LogP) is 3.94. The second kappa shape index (κ2) is 5.62. The number of nitrogens with two attached hydrogens (primary N) is 1. The summed E-state index contributed by atoms with van der Waals surface area (Å²) in [5, 5.41) is 5.07. The molecule has 0 bridgehead atoms. The standard InChI is InChI=1S/C14H24ClN3/c1-4-10-5-6-11(7-10)13(16)14-12(15)8-17-18(14)9(2)3/h8-11,13H,4-7,16H2,1-3H3. The molecule has 1 aliphatic rings. The van der Waals surface area contributed by atoms with Crippen LogP contribution in [0.15, 0.2) is 6.20 Å². The molecule has 0 saturated heterocycles. The van der Waals surface area contributed by atoms with Gasteiger partial charge in [-0.3, -0.25) is 4.68 Å². The third-order valence-corrected chi connectivity index (χ3v) is 4.55. The second-order valence-corrected chi connectivity index (χ2v) is 6.20. The highest BCUT2D eigenvalue weighted by molar-refractivity contribution is 6.31. The molecule has 1 saturated carbocycles. The number of rotatable bonds is 4. The summed E-state index contributed by atoms with van der Waals surface area (Å²) in [6.07, 6.45) is 6.75. The van der Waals surface area contributed by atoms with E-state index in [1.54, 1.807) is 6.20 Å². The molecule has 1 heterocycles. The topological polar surface area (TPSA) is 43.8 Å². The van der Waals surface area contributed by atoms with E-state index in [9.17, 15) is 0 Å². The average molecular weight is 270 g/mol. The van der Waals surface area contributed by atoms with Crippen LogP contribution in [0.1, 0.15) is 64.2 Å². The summed E-state index contributed by atoms with van der Waals surface area (Å²) in [7, 11) is 0. The Balaban J connectivity index is 2.18. The third-order valence-electron chi connectivity index (χ3n) is 4.26. The van der Waals surface area contributed by atoms with Crippen LogP contribution in [-0.2, 0) is 0 Å². The summed E-state index contributed by atoms with van der Waals surface area (Å²) in [5.74, 6) is 1.40. The van der Waals surface area contributed by atoms with E-state index in [0.29, 0.717) is 12.0 Å². The van der Waals surface area contributed by atoms with Gasteiger partial charge in [-0.05, 0) is 38.5 Å². The first-order chi connectivity index (χ1) is 8.54. The summed E-state index contributed by atoms with van der Waals surface area (Å²) in [5.41, 5.74) is 7.48. The molecule has 0 amide bonds. The predicted molar refractivity (Wildman–Crippen MR) is 75.7 cm³/mol. The molecule has 102 valence electrons. The van der Waals surface area contributed by atoms with Gasteiger partial charge in [0.25, 0.3) is 0 Å². The molecule has 2 rings (SSSR count). The van der Waals surface area contributed by atoms with Crippen molar-refractivity contribution in [3.05, 3.63) is 16.9 Å². The molecule has 3 unspecified atom stereocenters. The molecule has 0 aromatic carbocycles.